The summed E-state index contributed by atoms with van der Waals surface area (Å²) in [5, 5.41) is 0. The third-order valence-electron chi connectivity index (χ3n) is 3.31. The number of carbonyl (C=O) groups excluding carboxylic acids is 1. The first-order chi connectivity index (χ1) is 7.54. The van der Waals surface area contributed by atoms with Crippen LogP contribution in [0.25, 0.3) is 0 Å². The highest BCUT2D eigenvalue weighted by Gasteiger charge is 2.29. The van der Waals surface area contributed by atoms with Crippen LogP contribution in [0.3, 0.4) is 0 Å². The molecule has 90 valence electrons. The Bertz CT molecular complexity index is 291. The molecule has 16 heavy (non-hydrogen) atoms. The van der Waals surface area contributed by atoms with Gasteiger partial charge in [0.2, 0.25) is 0 Å². The van der Waals surface area contributed by atoms with Crippen molar-refractivity contribution in [1.29, 1.82) is 0 Å². The minimum atomic E-state index is -0.190. The second-order valence-electron chi connectivity index (χ2n) is 4.80. The van der Waals surface area contributed by atoms with Gasteiger partial charge in [0, 0.05) is 19.3 Å². The molecule has 0 fully saturated rings. The third-order valence-corrected chi connectivity index (χ3v) is 3.31. The van der Waals surface area contributed by atoms with Gasteiger partial charge in [-0.05, 0) is 25.7 Å². The van der Waals surface area contributed by atoms with Crippen LogP contribution >= 0.6 is 0 Å². The molecule has 0 N–H and O–H groups in total. The molecule has 0 saturated carbocycles. The van der Waals surface area contributed by atoms with Crippen LogP contribution in [-0.2, 0) is 9.53 Å². The van der Waals surface area contributed by atoms with Gasteiger partial charge in [0.25, 0.3) is 0 Å². The summed E-state index contributed by atoms with van der Waals surface area (Å²) in [6.07, 6.45) is 6.98. The fourth-order valence-electron chi connectivity index (χ4n) is 2.52. The Balaban J connectivity index is 2.70. The van der Waals surface area contributed by atoms with Gasteiger partial charge in [0.15, 0.2) is 0 Å². The zero-order valence-corrected chi connectivity index (χ0v) is 10.5. The van der Waals surface area contributed by atoms with E-state index in [1.54, 1.807) is 0 Å². The molecular weight excluding hydrogens is 200 g/mol. The molecule has 3 atom stereocenters. The number of esters is 1. The predicted molar refractivity (Wildman–Crippen MR) is 66.0 cm³/mol. The Kier molecular flexibility index (Phi) is 4.78. The Morgan fingerprint density at radius 2 is 2.44 bits per heavy atom. The molecule has 0 saturated heterocycles. The molecule has 2 nitrogen and oxygen atoms in total. The fourth-order valence-corrected chi connectivity index (χ4v) is 2.52. The number of hydrogen-bond donors (Lipinski definition) is 0. The van der Waals surface area contributed by atoms with Crippen molar-refractivity contribution in [2.75, 3.05) is 0 Å². The Labute approximate surface area is 98.4 Å². The fraction of sp³-hybridized carbons (Fsp3) is 0.643. The number of allylic oxidation sites excluding steroid dienone is 2. The molecule has 1 aliphatic carbocycles. The van der Waals surface area contributed by atoms with Crippen LogP contribution in [0.2, 0.25) is 0 Å². The van der Waals surface area contributed by atoms with Gasteiger partial charge < -0.3 is 4.74 Å². The lowest BCUT2D eigenvalue weighted by Gasteiger charge is -2.33. The highest BCUT2D eigenvalue weighted by molar-refractivity contribution is 5.66. The van der Waals surface area contributed by atoms with Gasteiger partial charge in [-0.15, -0.1) is 6.58 Å². The molecule has 3 unspecified atom stereocenters. The molecule has 1 aliphatic rings. The second kappa shape index (κ2) is 5.88. The van der Waals surface area contributed by atoms with Gasteiger partial charge in [-0.25, -0.2) is 0 Å². The zero-order valence-electron chi connectivity index (χ0n) is 10.5. The quantitative estimate of drug-likeness (QED) is 0.537. The second-order valence-corrected chi connectivity index (χ2v) is 4.80. The minimum absolute atomic E-state index is 0.00523. The van der Waals surface area contributed by atoms with Gasteiger partial charge in [0.1, 0.15) is 6.10 Å². The lowest BCUT2D eigenvalue weighted by Crippen LogP contribution is -2.32. The Hall–Kier alpha value is -1.05. The lowest BCUT2D eigenvalue weighted by molar-refractivity contribution is -0.150. The predicted octanol–water partition coefficient (Wildman–Crippen LogP) is 3.49. The van der Waals surface area contributed by atoms with E-state index in [9.17, 15) is 4.79 Å². The van der Waals surface area contributed by atoms with Crippen LogP contribution in [0.15, 0.2) is 24.3 Å². The molecule has 0 spiro atoms. The van der Waals surface area contributed by atoms with Crippen LogP contribution in [0.1, 0.15) is 40.0 Å². The maximum Gasteiger partial charge on any atom is 0.302 e. The van der Waals surface area contributed by atoms with E-state index in [1.807, 2.05) is 6.08 Å². The van der Waals surface area contributed by atoms with E-state index in [0.717, 1.165) is 19.3 Å². The average Bonchev–Trinajstić information content (AvgIpc) is 2.16. The summed E-state index contributed by atoms with van der Waals surface area (Å²) in [4.78, 5) is 11.1. The molecule has 0 amide bonds. The van der Waals surface area contributed by atoms with Crippen LogP contribution in [0.4, 0.5) is 0 Å². The minimum Gasteiger partial charge on any atom is -0.462 e. The monoisotopic (exact) mass is 222 g/mol. The van der Waals surface area contributed by atoms with Gasteiger partial charge in [-0.3, -0.25) is 4.79 Å². The molecule has 1 rings (SSSR count). The maximum absolute atomic E-state index is 11.1. The zero-order chi connectivity index (χ0) is 12.1. The summed E-state index contributed by atoms with van der Waals surface area (Å²) < 4.78 is 5.40. The number of hydrogen-bond acceptors (Lipinski definition) is 2. The van der Waals surface area contributed by atoms with Crippen molar-refractivity contribution >= 4 is 5.97 Å². The van der Waals surface area contributed by atoms with E-state index in [2.05, 4.69) is 26.5 Å². The maximum atomic E-state index is 11.1. The van der Waals surface area contributed by atoms with Gasteiger partial charge in [0.05, 0.1) is 0 Å². The highest BCUT2D eigenvalue weighted by atomic mass is 16.5. The topological polar surface area (TPSA) is 26.3 Å². The average molecular weight is 222 g/mol. The molecule has 0 bridgehead atoms. The first-order valence-corrected chi connectivity index (χ1v) is 5.98. The van der Waals surface area contributed by atoms with E-state index < -0.39 is 0 Å². The molecule has 0 radical (unpaired) electrons. The normalized spacial score (nSPS) is 26.8. The SMILES string of the molecule is C=CCC(OC(C)=O)C1CC=C(C)CC1C. The van der Waals surface area contributed by atoms with E-state index in [0.29, 0.717) is 11.8 Å². The van der Waals surface area contributed by atoms with E-state index in [1.165, 1.54) is 12.5 Å². The smallest absolute Gasteiger partial charge is 0.302 e. The van der Waals surface area contributed by atoms with Crippen molar-refractivity contribution in [2.24, 2.45) is 11.8 Å². The van der Waals surface area contributed by atoms with Crippen molar-refractivity contribution in [3.05, 3.63) is 24.3 Å². The molecule has 0 aromatic heterocycles. The summed E-state index contributed by atoms with van der Waals surface area (Å²) in [6.45, 7) is 9.62. The van der Waals surface area contributed by atoms with Crippen LogP contribution in [-0.4, -0.2) is 12.1 Å². The number of carbonyl (C=O) groups is 1. The standard InChI is InChI=1S/C14H22O2/c1-5-6-14(16-12(4)15)13-8-7-10(2)9-11(13)3/h5,7,11,13-14H,1,6,8-9H2,2-4H3. The molecule has 2 heteroatoms. The van der Waals surface area contributed by atoms with E-state index >= 15 is 0 Å². The molecular formula is C14H22O2. The van der Waals surface area contributed by atoms with Gasteiger partial charge >= 0.3 is 5.97 Å². The lowest BCUT2D eigenvalue weighted by atomic mass is 9.77. The highest BCUT2D eigenvalue weighted by Crippen LogP contribution is 2.34. The summed E-state index contributed by atoms with van der Waals surface area (Å²) >= 11 is 0. The first-order valence-electron chi connectivity index (χ1n) is 5.98. The Morgan fingerprint density at radius 3 is 2.94 bits per heavy atom. The van der Waals surface area contributed by atoms with Gasteiger partial charge in [-0.2, -0.15) is 0 Å². The third kappa shape index (κ3) is 3.51. The number of ether oxygens (including phenoxy) is 1. The van der Waals surface area contributed by atoms with Crippen molar-refractivity contribution in [3.8, 4) is 0 Å². The summed E-state index contributed by atoms with van der Waals surface area (Å²) in [5.41, 5.74) is 1.45. The number of rotatable bonds is 4. The largest absolute Gasteiger partial charge is 0.462 e. The molecule has 0 aromatic carbocycles. The van der Waals surface area contributed by atoms with Crippen LogP contribution in [0.5, 0.6) is 0 Å². The van der Waals surface area contributed by atoms with Crippen molar-refractivity contribution in [3.63, 3.8) is 0 Å². The molecule has 0 heterocycles. The summed E-state index contributed by atoms with van der Waals surface area (Å²) in [7, 11) is 0. The van der Waals surface area contributed by atoms with Crippen LogP contribution < -0.4 is 0 Å². The van der Waals surface area contributed by atoms with Crippen molar-refractivity contribution < 1.29 is 9.53 Å². The van der Waals surface area contributed by atoms with Crippen molar-refractivity contribution in [1.82, 2.24) is 0 Å². The van der Waals surface area contributed by atoms with Gasteiger partial charge in [-0.1, -0.05) is 24.6 Å². The summed E-state index contributed by atoms with van der Waals surface area (Å²) in [5.74, 6) is 0.824. The van der Waals surface area contributed by atoms with E-state index in [4.69, 9.17) is 4.74 Å². The van der Waals surface area contributed by atoms with Crippen molar-refractivity contribution in [2.45, 2.75) is 46.1 Å². The molecule has 0 aliphatic heterocycles. The van der Waals surface area contributed by atoms with E-state index in [-0.39, 0.29) is 12.1 Å². The Morgan fingerprint density at radius 1 is 1.75 bits per heavy atom. The summed E-state index contributed by atoms with van der Waals surface area (Å²) in [6, 6.07) is 0. The molecule has 0 aromatic rings. The van der Waals surface area contributed by atoms with Crippen LogP contribution in [0, 0.1) is 11.8 Å². The first kappa shape index (κ1) is 13.0.